The van der Waals surface area contributed by atoms with Crippen molar-refractivity contribution in [3.05, 3.63) is 28.4 Å². The molecule has 7 nitrogen and oxygen atoms in total. The first kappa shape index (κ1) is 13.6. The number of nitrogens with zero attached hydrogens (tertiary/aromatic N) is 4. The molecule has 2 aromatic heterocycles. The van der Waals surface area contributed by atoms with E-state index < -0.39 is 5.91 Å². The number of hydrogen-bond donors (Lipinski definition) is 2. The minimum atomic E-state index is -0.513. The van der Waals surface area contributed by atoms with Crippen molar-refractivity contribution in [2.24, 2.45) is 0 Å². The molecule has 0 aliphatic rings. The lowest BCUT2D eigenvalue weighted by atomic mass is 10.3. The van der Waals surface area contributed by atoms with Crippen LogP contribution in [-0.4, -0.2) is 25.7 Å². The summed E-state index contributed by atoms with van der Waals surface area (Å²) in [6.07, 6.45) is 2.77. The number of halogens is 2. The van der Waals surface area contributed by atoms with Crippen LogP contribution in [-0.2, 0) is 6.54 Å². The Morgan fingerprint density at radius 1 is 1.47 bits per heavy atom. The number of rotatable bonds is 3. The molecule has 0 bridgehead atoms. The molecule has 1 amide bonds. The van der Waals surface area contributed by atoms with Gasteiger partial charge in [-0.3, -0.25) is 9.48 Å². The first-order chi connectivity index (χ1) is 9.02. The van der Waals surface area contributed by atoms with E-state index in [0.29, 0.717) is 6.54 Å². The largest absolute Gasteiger partial charge is 0.396 e. The highest BCUT2D eigenvalue weighted by atomic mass is 35.5. The lowest BCUT2D eigenvalue weighted by Crippen LogP contribution is -2.16. The minimum Gasteiger partial charge on any atom is -0.396 e. The predicted octanol–water partition coefficient (Wildman–Crippen LogP) is 1.83. The molecule has 0 saturated heterocycles. The average Bonchev–Trinajstić information content (AvgIpc) is 2.76. The zero-order valence-corrected chi connectivity index (χ0v) is 11.4. The van der Waals surface area contributed by atoms with E-state index in [-0.39, 0.29) is 27.4 Å². The van der Waals surface area contributed by atoms with Gasteiger partial charge < -0.3 is 11.1 Å². The predicted molar refractivity (Wildman–Crippen MR) is 72.3 cm³/mol. The molecule has 0 unspecified atom stereocenters. The summed E-state index contributed by atoms with van der Waals surface area (Å²) in [4.78, 5) is 19.5. The van der Waals surface area contributed by atoms with E-state index in [0.717, 1.165) is 0 Å². The van der Waals surface area contributed by atoms with Crippen LogP contribution >= 0.6 is 23.2 Å². The average molecular weight is 301 g/mol. The van der Waals surface area contributed by atoms with Crippen LogP contribution in [0, 0.1) is 0 Å². The Morgan fingerprint density at radius 3 is 2.84 bits per heavy atom. The Balaban J connectivity index is 2.25. The number of nitrogen functional groups attached to an aromatic ring is 1. The van der Waals surface area contributed by atoms with Crippen LogP contribution in [0.2, 0.25) is 10.2 Å². The second-order valence-corrected chi connectivity index (χ2v) is 4.31. The van der Waals surface area contributed by atoms with Crippen molar-refractivity contribution >= 4 is 40.6 Å². The van der Waals surface area contributed by atoms with Gasteiger partial charge in [-0.15, -0.1) is 0 Å². The van der Waals surface area contributed by atoms with Crippen molar-refractivity contribution in [3.63, 3.8) is 0 Å². The van der Waals surface area contributed by atoms with Gasteiger partial charge >= 0.3 is 0 Å². The standard InChI is InChI=1S/C10H10Cl2N6O/c1-2-18-3-5(13)7(17-18)10(19)16-9-6(11)8(12)14-4-15-9/h3-4H,2,13H2,1H3,(H,14,15,16,19). The Hall–Kier alpha value is -1.86. The van der Waals surface area contributed by atoms with Crippen molar-refractivity contribution in [3.8, 4) is 0 Å². The maximum absolute atomic E-state index is 12.0. The highest BCUT2D eigenvalue weighted by molar-refractivity contribution is 6.43. The van der Waals surface area contributed by atoms with Crippen LogP contribution in [0.25, 0.3) is 0 Å². The number of aromatic nitrogens is 4. The zero-order chi connectivity index (χ0) is 14.0. The van der Waals surface area contributed by atoms with Crippen molar-refractivity contribution in [1.29, 1.82) is 0 Å². The molecule has 2 rings (SSSR count). The maximum Gasteiger partial charge on any atom is 0.279 e. The first-order valence-corrected chi connectivity index (χ1v) is 6.08. The Bertz CT molecular complexity index is 626. The summed E-state index contributed by atoms with van der Waals surface area (Å²) in [5.74, 6) is -0.404. The van der Waals surface area contributed by atoms with Crippen LogP contribution in [0.1, 0.15) is 17.4 Å². The van der Waals surface area contributed by atoms with Crippen LogP contribution in [0.3, 0.4) is 0 Å². The van der Waals surface area contributed by atoms with Gasteiger partial charge in [0.25, 0.3) is 5.91 Å². The lowest BCUT2D eigenvalue weighted by Gasteiger charge is -2.05. The number of nitrogens with two attached hydrogens (primary N) is 1. The summed E-state index contributed by atoms with van der Waals surface area (Å²) in [6.45, 7) is 2.49. The van der Waals surface area contributed by atoms with E-state index in [2.05, 4.69) is 20.4 Å². The third-order valence-corrected chi connectivity index (χ3v) is 3.05. The van der Waals surface area contributed by atoms with Crippen LogP contribution in [0.5, 0.6) is 0 Å². The SMILES string of the molecule is CCn1cc(N)c(C(=O)Nc2ncnc(Cl)c2Cl)n1. The second kappa shape index (κ2) is 5.41. The molecule has 0 atom stereocenters. The molecule has 9 heteroatoms. The highest BCUT2D eigenvalue weighted by Crippen LogP contribution is 2.25. The van der Waals surface area contributed by atoms with E-state index in [1.165, 1.54) is 6.33 Å². The Morgan fingerprint density at radius 2 is 2.21 bits per heavy atom. The smallest absolute Gasteiger partial charge is 0.279 e. The van der Waals surface area contributed by atoms with E-state index in [1.54, 1.807) is 10.9 Å². The van der Waals surface area contributed by atoms with Gasteiger partial charge in [-0.2, -0.15) is 5.10 Å². The van der Waals surface area contributed by atoms with Gasteiger partial charge in [0.2, 0.25) is 0 Å². The van der Waals surface area contributed by atoms with Crippen molar-refractivity contribution < 1.29 is 4.79 Å². The van der Waals surface area contributed by atoms with Gasteiger partial charge in [-0.05, 0) is 6.92 Å². The normalized spacial score (nSPS) is 10.5. The summed E-state index contributed by atoms with van der Waals surface area (Å²) in [5, 5.41) is 6.64. The monoisotopic (exact) mass is 300 g/mol. The van der Waals surface area contributed by atoms with Gasteiger partial charge in [0, 0.05) is 12.7 Å². The summed E-state index contributed by atoms with van der Waals surface area (Å²) < 4.78 is 1.55. The Labute approximate surface area is 118 Å². The molecule has 19 heavy (non-hydrogen) atoms. The summed E-state index contributed by atoms with van der Waals surface area (Å²) in [6, 6.07) is 0. The number of nitrogens with one attached hydrogen (secondary N) is 1. The number of carbonyl (C=O) groups is 1. The highest BCUT2D eigenvalue weighted by Gasteiger charge is 2.17. The molecule has 0 radical (unpaired) electrons. The van der Waals surface area contributed by atoms with Crippen molar-refractivity contribution in [2.75, 3.05) is 11.1 Å². The number of carbonyl (C=O) groups excluding carboxylic acids is 1. The molecule has 0 aliphatic heterocycles. The first-order valence-electron chi connectivity index (χ1n) is 5.33. The van der Waals surface area contributed by atoms with Crippen molar-refractivity contribution in [2.45, 2.75) is 13.5 Å². The number of aryl methyl sites for hydroxylation is 1. The van der Waals surface area contributed by atoms with E-state index in [9.17, 15) is 4.79 Å². The molecular weight excluding hydrogens is 291 g/mol. The topological polar surface area (TPSA) is 98.7 Å². The molecule has 2 aromatic rings. The van der Waals surface area contributed by atoms with E-state index >= 15 is 0 Å². The number of anilines is 2. The molecule has 0 saturated carbocycles. The second-order valence-electron chi connectivity index (χ2n) is 3.57. The molecule has 0 spiro atoms. The van der Waals surface area contributed by atoms with Gasteiger partial charge in [0.05, 0.1) is 5.69 Å². The van der Waals surface area contributed by atoms with Gasteiger partial charge in [-0.25, -0.2) is 9.97 Å². The van der Waals surface area contributed by atoms with Crippen LogP contribution in [0.4, 0.5) is 11.5 Å². The van der Waals surface area contributed by atoms with Gasteiger partial charge in [0.15, 0.2) is 16.7 Å². The third kappa shape index (κ3) is 2.77. The van der Waals surface area contributed by atoms with E-state index in [4.69, 9.17) is 28.9 Å². The number of amides is 1. The lowest BCUT2D eigenvalue weighted by molar-refractivity contribution is 0.102. The summed E-state index contributed by atoms with van der Waals surface area (Å²) in [5.41, 5.74) is 6.08. The van der Waals surface area contributed by atoms with Gasteiger partial charge in [-0.1, -0.05) is 23.2 Å². The van der Waals surface area contributed by atoms with Gasteiger partial charge in [0.1, 0.15) is 11.3 Å². The fourth-order valence-electron chi connectivity index (χ4n) is 1.38. The van der Waals surface area contributed by atoms with Crippen LogP contribution < -0.4 is 11.1 Å². The molecular formula is C10H10Cl2N6O. The number of hydrogen-bond acceptors (Lipinski definition) is 5. The summed E-state index contributed by atoms with van der Waals surface area (Å²) >= 11 is 11.6. The maximum atomic E-state index is 12.0. The van der Waals surface area contributed by atoms with Crippen molar-refractivity contribution in [1.82, 2.24) is 19.7 Å². The molecule has 2 heterocycles. The molecule has 3 N–H and O–H groups in total. The third-order valence-electron chi connectivity index (χ3n) is 2.31. The molecule has 0 aliphatic carbocycles. The van der Waals surface area contributed by atoms with E-state index in [1.807, 2.05) is 6.92 Å². The quantitative estimate of drug-likeness (QED) is 0.843. The Kier molecular flexibility index (Phi) is 3.87. The fraction of sp³-hybridized carbons (Fsp3) is 0.200. The zero-order valence-electron chi connectivity index (χ0n) is 9.89. The summed E-state index contributed by atoms with van der Waals surface area (Å²) in [7, 11) is 0. The molecule has 0 fully saturated rings. The minimum absolute atomic E-state index is 0.0547. The molecule has 100 valence electrons. The molecule has 0 aromatic carbocycles. The van der Waals surface area contributed by atoms with Crippen LogP contribution in [0.15, 0.2) is 12.5 Å². The fourth-order valence-corrected chi connectivity index (χ4v) is 1.66.